The lowest BCUT2D eigenvalue weighted by Crippen LogP contribution is -2.18. The Bertz CT molecular complexity index is 418. The second-order valence-electron chi connectivity index (χ2n) is 4.42. The van der Waals surface area contributed by atoms with Gasteiger partial charge in [-0.15, -0.1) is 0 Å². The number of rotatable bonds is 6. The SMILES string of the molecule is COCCCCOc1ccc2c(c1)NC(=O)CC2. The molecule has 0 unspecified atom stereocenters. The maximum atomic E-state index is 11.3. The predicted octanol–water partition coefficient (Wildman–Crippen LogP) is 2.38. The van der Waals surface area contributed by atoms with E-state index in [0.29, 0.717) is 13.0 Å². The number of unbranched alkanes of at least 4 members (excludes halogenated alkanes) is 1. The number of anilines is 1. The Balaban J connectivity index is 1.86. The van der Waals surface area contributed by atoms with Gasteiger partial charge in [-0.1, -0.05) is 6.07 Å². The molecule has 0 aliphatic carbocycles. The van der Waals surface area contributed by atoms with Crippen LogP contribution in [0.2, 0.25) is 0 Å². The van der Waals surface area contributed by atoms with Crippen molar-refractivity contribution in [2.24, 2.45) is 0 Å². The van der Waals surface area contributed by atoms with Gasteiger partial charge in [-0.3, -0.25) is 4.79 Å². The molecule has 18 heavy (non-hydrogen) atoms. The lowest BCUT2D eigenvalue weighted by atomic mass is 10.0. The molecule has 1 amide bonds. The molecule has 0 bridgehead atoms. The maximum absolute atomic E-state index is 11.3. The van der Waals surface area contributed by atoms with Crippen LogP contribution in [0.1, 0.15) is 24.8 Å². The normalized spacial score (nSPS) is 13.9. The van der Waals surface area contributed by atoms with Crippen molar-refractivity contribution in [1.29, 1.82) is 0 Å². The van der Waals surface area contributed by atoms with Gasteiger partial charge in [-0.2, -0.15) is 0 Å². The molecule has 1 aliphatic heterocycles. The van der Waals surface area contributed by atoms with E-state index in [1.807, 2.05) is 18.2 Å². The van der Waals surface area contributed by atoms with E-state index in [-0.39, 0.29) is 5.91 Å². The maximum Gasteiger partial charge on any atom is 0.224 e. The molecular weight excluding hydrogens is 230 g/mol. The summed E-state index contributed by atoms with van der Waals surface area (Å²) >= 11 is 0. The van der Waals surface area contributed by atoms with Crippen LogP contribution in [0.15, 0.2) is 18.2 Å². The zero-order valence-corrected chi connectivity index (χ0v) is 10.7. The molecule has 0 aromatic heterocycles. The summed E-state index contributed by atoms with van der Waals surface area (Å²) in [7, 11) is 1.70. The van der Waals surface area contributed by atoms with Gasteiger partial charge >= 0.3 is 0 Å². The minimum atomic E-state index is 0.0831. The molecule has 1 aromatic carbocycles. The molecular formula is C14H19NO3. The Morgan fingerprint density at radius 3 is 2.89 bits per heavy atom. The summed E-state index contributed by atoms with van der Waals surface area (Å²) in [6.07, 6.45) is 3.36. The van der Waals surface area contributed by atoms with Gasteiger partial charge in [-0.25, -0.2) is 0 Å². The number of hydrogen-bond acceptors (Lipinski definition) is 3. The third-order valence-corrected chi connectivity index (χ3v) is 2.99. The average molecular weight is 249 g/mol. The number of hydrogen-bond donors (Lipinski definition) is 1. The molecule has 1 aliphatic rings. The van der Waals surface area contributed by atoms with Gasteiger partial charge in [0, 0.05) is 31.9 Å². The van der Waals surface area contributed by atoms with Crippen LogP contribution in [0.3, 0.4) is 0 Å². The topological polar surface area (TPSA) is 47.6 Å². The van der Waals surface area contributed by atoms with E-state index >= 15 is 0 Å². The van der Waals surface area contributed by atoms with Gasteiger partial charge in [0.15, 0.2) is 0 Å². The molecule has 1 heterocycles. The fourth-order valence-electron chi connectivity index (χ4n) is 1.98. The number of aryl methyl sites for hydroxylation is 1. The van der Waals surface area contributed by atoms with E-state index < -0.39 is 0 Å². The first-order valence-corrected chi connectivity index (χ1v) is 6.34. The van der Waals surface area contributed by atoms with Crippen LogP contribution >= 0.6 is 0 Å². The fourth-order valence-corrected chi connectivity index (χ4v) is 1.98. The van der Waals surface area contributed by atoms with Crippen molar-refractivity contribution >= 4 is 11.6 Å². The number of methoxy groups -OCH3 is 1. The van der Waals surface area contributed by atoms with Crippen LogP contribution in [-0.2, 0) is 16.0 Å². The minimum absolute atomic E-state index is 0.0831. The summed E-state index contributed by atoms with van der Waals surface area (Å²) in [6, 6.07) is 5.90. The highest BCUT2D eigenvalue weighted by Crippen LogP contribution is 2.27. The van der Waals surface area contributed by atoms with E-state index in [9.17, 15) is 4.79 Å². The summed E-state index contributed by atoms with van der Waals surface area (Å²) in [6.45, 7) is 1.44. The van der Waals surface area contributed by atoms with Crippen molar-refractivity contribution in [3.8, 4) is 5.75 Å². The minimum Gasteiger partial charge on any atom is -0.494 e. The van der Waals surface area contributed by atoms with E-state index in [0.717, 1.165) is 37.3 Å². The Hall–Kier alpha value is -1.55. The van der Waals surface area contributed by atoms with Crippen molar-refractivity contribution in [2.75, 3.05) is 25.6 Å². The number of benzene rings is 1. The van der Waals surface area contributed by atoms with E-state index in [1.165, 1.54) is 5.56 Å². The molecule has 0 spiro atoms. The molecule has 0 saturated heterocycles. The van der Waals surface area contributed by atoms with Crippen molar-refractivity contribution in [3.05, 3.63) is 23.8 Å². The molecule has 1 aromatic rings. The Morgan fingerprint density at radius 2 is 2.06 bits per heavy atom. The van der Waals surface area contributed by atoms with Crippen LogP contribution < -0.4 is 10.1 Å². The zero-order valence-electron chi connectivity index (χ0n) is 10.7. The zero-order chi connectivity index (χ0) is 12.8. The molecule has 1 N–H and O–H groups in total. The van der Waals surface area contributed by atoms with Crippen LogP contribution in [0.25, 0.3) is 0 Å². The van der Waals surface area contributed by atoms with Gasteiger partial charge in [-0.05, 0) is 30.9 Å². The highest BCUT2D eigenvalue weighted by atomic mass is 16.5. The molecule has 0 saturated carbocycles. The molecule has 4 nitrogen and oxygen atoms in total. The van der Waals surface area contributed by atoms with Gasteiger partial charge in [0.2, 0.25) is 5.91 Å². The van der Waals surface area contributed by atoms with Gasteiger partial charge < -0.3 is 14.8 Å². The van der Waals surface area contributed by atoms with Crippen LogP contribution in [0.4, 0.5) is 5.69 Å². The number of amides is 1. The largest absolute Gasteiger partial charge is 0.494 e. The number of ether oxygens (including phenoxy) is 2. The monoisotopic (exact) mass is 249 g/mol. The number of fused-ring (bicyclic) bond motifs is 1. The van der Waals surface area contributed by atoms with Crippen molar-refractivity contribution in [2.45, 2.75) is 25.7 Å². The standard InChI is InChI=1S/C14H19NO3/c1-17-8-2-3-9-18-12-6-4-11-5-7-14(16)15-13(11)10-12/h4,6,10H,2-3,5,7-9H2,1H3,(H,15,16). The second-order valence-corrected chi connectivity index (χ2v) is 4.42. The highest BCUT2D eigenvalue weighted by molar-refractivity contribution is 5.94. The second kappa shape index (κ2) is 6.40. The number of nitrogens with one attached hydrogen (secondary N) is 1. The molecule has 98 valence electrons. The summed E-state index contributed by atoms with van der Waals surface area (Å²) in [5, 5.41) is 2.87. The molecule has 0 atom stereocenters. The first-order valence-electron chi connectivity index (χ1n) is 6.34. The van der Waals surface area contributed by atoms with Crippen LogP contribution in [-0.4, -0.2) is 26.2 Å². The quantitative estimate of drug-likeness (QED) is 0.787. The Labute approximate surface area is 107 Å². The third kappa shape index (κ3) is 3.47. The van der Waals surface area contributed by atoms with Gasteiger partial charge in [0.05, 0.1) is 6.61 Å². The lowest BCUT2D eigenvalue weighted by Gasteiger charge is -2.17. The summed E-state index contributed by atoms with van der Waals surface area (Å²) < 4.78 is 10.6. The van der Waals surface area contributed by atoms with Crippen molar-refractivity contribution < 1.29 is 14.3 Å². The van der Waals surface area contributed by atoms with Crippen molar-refractivity contribution in [1.82, 2.24) is 0 Å². The number of carbonyl (C=O) groups is 1. The van der Waals surface area contributed by atoms with E-state index in [4.69, 9.17) is 9.47 Å². The lowest BCUT2D eigenvalue weighted by molar-refractivity contribution is -0.116. The summed E-state index contributed by atoms with van der Waals surface area (Å²) in [5.41, 5.74) is 2.07. The molecule has 0 radical (unpaired) electrons. The van der Waals surface area contributed by atoms with E-state index in [1.54, 1.807) is 7.11 Å². The molecule has 2 rings (SSSR count). The molecule has 0 fully saturated rings. The third-order valence-electron chi connectivity index (χ3n) is 2.99. The Morgan fingerprint density at radius 1 is 1.22 bits per heavy atom. The fraction of sp³-hybridized carbons (Fsp3) is 0.500. The first kappa shape index (κ1) is 12.9. The Kier molecular flexibility index (Phi) is 4.59. The van der Waals surface area contributed by atoms with Crippen molar-refractivity contribution in [3.63, 3.8) is 0 Å². The average Bonchev–Trinajstić information content (AvgIpc) is 2.38. The van der Waals surface area contributed by atoms with Crippen LogP contribution in [0.5, 0.6) is 5.75 Å². The smallest absolute Gasteiger partial charge is 0.224 e. The predicted molar refractivity (Wildman–Crippen MR) is 70.0 cm³/mol. The molecule has 4 heteroatoms. The van der Waals surface area contributed by atoms with Gasteiger partial charge in [0.1, 0.15) is 5.75 Å². The number of carbonyl (C=O) groups excluding carboxylic acids is 1. The van der Waals surface area contributed by atoms with Gasteiger partial charge in [0.25, 0.3) is 0 Å². The van der Waals surface area contributed by atoms with Crippen LogP contribution in [0, 0.1) is 0 Å². The van der Waals surface area contributed by atoms with E-state index in [2.05, 4.69) is 5.32 Å². The summed E-state index contributed by atoms with van der Waals surface area (Å²) in [5.74, 6) is 0.896. The summed E-state index contributed by atoms with van der Waals surface area (Å²) in [4.78, 5) is 11.3. The highest BCUT2D eigenvalue weighted by Gasteiger charge is 2.14. The first-order chi connectivity index (χ1) is 8.79.